The van der Waals surface area contributed by atoms with Crippen LogP contribution in [0.2, 0.25) is 0 Å². The van der Waals surface area contributed by atoms with Gasteiger partial charge in [0.05, 0.1) is 17.6 Å². The third kappa shape index (κ3) is 4.03. The minimum Gasteiger partial charge on any atom is -0.464 e. The molecule has 2 aromatic heterocycles. The Labute approximate surface area is 216 Å². The van der Waals surface area contributed by atoms with Gasteiger partial charge in [0.1, 0.15) is 24.6 Å². The number of ether oxygens (including phenoxy) is 1. The maximum Gasteiger partial charge on any atom is 0.416 e. The van der Waals surface area contributed by atoms with Crippen molar-refractivity contribution in [1.82, 2.24) is 14.5 Å². The van der Waals surface area contributed by atoms with Crippen LogP contribution in [-0.4, -0.2) is 63.0 Å². The fraction of sp³-hybridized carbons (Fsp3) is 0.214. The van der Waals surface area contributed by atoms with Crippen molar-refractivity contribution in [2.75, 3.05) is 18.5 Å². The number of carbonyl (C=O) groups excluding carboxylic acids is 2. The molecule has 1 aliphatic carbocycles. The largest absolute Gasteiger partial charge is 0.464 e. The number of alkyl halides is 1. The van der Waals surface area contributed by atoms with Crippen molar-refractivity contribution in [3.63, 3.8) is 0 Å². The molecule has 1 aliphatic heterocycles. The van der Waals surface area contributed by atoms with Crippen LogP contribution in [-0.2, 0) is 9.53 Å². The second kappa shape index (κ2) is 9.29. The maximum absolute atomic E-state index is 14.4. The highest BCUT2D eigenvalue weighted by Gasteiger charge is 2.41. The fourth-order valence-electron chi connectivity index (χ4n) is 5.38. The summed E-state index contributed by atoms with van der Waals surface area (Å²) in [7, 11) is 0. The Balaban J connectivity index is 1.16. The van der Waals surface area contributed by atoms with Gasteiger partial charge in [-0.1, -0.05) is 48.5 Å². The van der Waals surface area contributed by atoms with Gasteiger partial charge in [0, 0.05) is 18.5 Å². The van der Waals surface area contributed by atoms with E-state index in [0.717, 1.165) is 31.7 Å². The zero-order chi connectivity index (χ0) is 26.4. The van der Waals surface area contributed by atoms with Crippen molar-refractivity contribution in [1.29, 1.82) is 0 Å². The van der Waals surface area contributed by atoms with Crippen molar-refractivity contribution < 1.29 is 28.6 Å². The fourth-order valence-corrected chi connectivity index (χ4v) is 5.38. The van der Waals surface area contributed by atoms with Crippen LogP contribution in [0.4, 0.5) is 19.8 Å². The molecular formula is C28H23FN4O5. The van der Waals surface area contributed by atoms with Crippen LogP contribution in [0.15, 0.2) is 72.9 Å². The first-order chi connectivity index (χ1) is 18.4. The van der Waals surface area contributed by atoms with Crippen LogP contribution < -0.4 is 5.32 Å². The number of rotatable bonds is 4. The quantitative estimate of drug-likeness (QED) is 0.402. The number of likely N-dealkylation sites (tertiary alicyclic amines) is 1. The summed E-state index contributed by atoms with van der Waals surface area (Å²) in [6.07, 6.45) is -2.08. The van der Waals surface area contributed by atoms with E-state index >= 15 is 0 Å². The molecular weight excluding hydrogens is 491 g/mol. The predicted molar refractivity (Wildman–Crippen MR) is 137 cm³/mol. The van der Waals surface area contributed by atoms with E-state index in [1.165, 1.54) is 24.4 Å². The molecule has 2 aromatic carbocycles. The highest BCUT2D eigenvalue weighted by molar-refractivity contribution is 5.97. The summed E-state index contributed by atoms with van der Waals surface area (Å²) in [6, 6.07) is 19.3. The molecule has 4 aromatic rings. The molecule has 6 rings (SSSR count). The number of halogens is 1. The maximum atomic E-state index is 14.4. The number of nitrogens with zero attached hydrogens (tertiary/aromatic N) is 3. The van der Waals surface area contributed by atoms with Crippen molar-refractivity contribution in [3.05, 3.63) is 84.1 Å². The van der Waals surface area contributed by atoms with Gasteiger partial charge in [0.25, 0.3) is 0 Å². The lowest BCUT2D eigenvalue weighted by atomic mass is 9.98. The normalized spacial score (nSPS) is 18.3. The van der Waals surface area contributed by atoms with E-state index in [9.17, 15) is 23.9 Å². The summed E-state index contributed by atoms with van der Waals surface area (Å²) in [4.78, 5) is 42.8. The SMILES string of the molecule is O=C(Nc1ccc2c(ccn2C(=O)O)n1)[C@H]1C[C@@H](F)CN1C(=O)OCC1c2ccccc2-c2ccccc21. The minimum absolute atomic E-state index is 0.0629. The average Bonchev–Trinajstić information content (AvgIpc) is 3.61. The Bertz CT molecular complexity index is 1540. The summed E-state index contributed by atoms with van der Waals surface area (Å²) < 4.78 is 21.1. The lowest BCUT2D eigenvalue weighted by Gasteiger charge is -2.24. The van der Waals surface area contributed by atoms with E-state index in [0.29, 0.717) is 11.0 Å². The van der Waals surface area contributed by atoms with Gasteiger partial charge < -0.3 is 15.2 Å². The molecule has 0 saturated carbocycles. The number of hydrogen-bond acceptors (Lipinski definition) is 5. The van der Waals surface area contributed by atoms with E-state index in [1.807, 2.05) is 48.5 Å². The van der Waals surface area contributed by atoms with Crippen molar-refractivity contribution in [3.8, 4) is 11.1 Å². The molecule has 0 unspecified atom stereocenters. The number of nitrogens with one attached hydrogen (secondary N) is 1. The molecule has 2 atom stereocenters. The summed E-state index contributed by atoms with van der Waals surface area (Å²) in [5.74, 6) is -0.583. The van der Waals surface area contributed by atoms with Crippen molar-refractivity contribution >= 4 is 34.9 Å². The van der Waals surface area contributed by atoms with Gasteiger partial charge in [-0.15, -0.1) is 0 Å². The van der Waals surface area contributed by atoms with Crippen LogP contribution >= 0.6 is 0 Å². The Morgan fingerprint density at radius 2 is 1.68 bits per heavy atom. The molecule has 192 valence electrons. The van der Waals surface area contributed by atoms with E-state index in [4.69, 9.17) is 4.74 Å². The molecule has 10 heteroatoms. The van der Waals surface area contributed by atoms with Gasteiger partial charge in [-0.2, -0.15) is 0 Å². The monoisotopic (exact) mass is 514 g/mol. The van der Waals surface area contributed by atoms with Crippen LogP contribution in [0.25, 0.3) is 22.2 Å². The Morgan fingerprint density at radius 1 is 1.00 bits per heavy atom. The van der Waals surface area contributed by atoms with Crippen LogP contribution in [0.3, 0.4) is 0 Å². The van der Waals surface area contributed by atoms with Crippen LogP contribution in [0.5, 0.6) is 0 Å². The number of aromatic nitrogens is 2. The van der Waals surface area contributed by atoms with Gasteiger partial charge in [0.2, 0.25) is 5.91 Å². The highest BCUT2D eigenvalue weighted by Crippen LogP contribution is 2.44. The number of amides is 2. The molecule has 2 aliphatic rings. The smallest absolute Gasteiger partial charge is 0.416 e. The molecule has 2 N–H and O–H groups in total. The zero-order valence-corrected chi connectivity index (χ0v) is 20.1. The second-order valence-corrected chi connectivity index (χ2v) is 9.36. The number of hydrogen-bond donors (Lipinski definition) is 2. The lowest BCUT2D eigenvalue weighted by Crippen LogP contribution is -2.43. The minimum atomic E-state index is -1.37. The van der Waals surface area contributed by atoms with E-state index in [-0.39, 0.29) is 31.3 Å². The van der Waals surface area contributed by atoms with Crippen molar-refractivity contribution in [2.24, 2.45) is 0 Å². The number of pyridine rings is 1. The van der Waals surface area contributed by atoms with E-state index in [2.05, 4.69) is 10.3 Å². The van der Waals surface area contributed by atoms with E-state index < -0.39 is 30.3 Å². The summed E-state index contributed by atoms with van der Waals surface area (Å²) in [5, 5.41) is 11.8. The molecule has 1 saturated heterocycles. The number of carbonyl (C=O) groups is 3. The molecule has 38 heavy (non-hydrogen) atoms. The molecule has 1 fully saturated rings. The Hall–Kier alpha value is -4.73. The molecule has 3 heterocycles. The van der Waals surface area contributed by atoms with Gasteiger partial charge in [-0.25, -0.2) is 19.0 Å². The summed E-state index contributed by atoms with van der Waals surface area (Å²) in [6.45, 7) is -0.184. The molecule has 0 bridgehead atoms. The number of carboxylic acid groups (broad SMARTS) is 1. The first-order valence-corrected chi connectivity index (χ1v) is 12.2. The number of anilines is 1. The second-order valence-electron chi connectivity index (χ2n) is 9.36. The number of benzene rings is 2. The Kier molecular flexibility index (Phi) is 5.79. The van der Waals surface area contributed by atoms with Crippen molar-refractivity contribution in [2.45, 2.75) is 24.6 Å². The number of fused-ring (bicyclic) bond motifs is 4. The van der Waals surface area contributed by atoms with Crippen LogP contribution in [0, 0.1) is 0 Å². The van der Waals surface area contributed by atoms with Gasteiger partial charge in [-0.3, -0.25) is 14.3 Å². The standard InChI is InChI=1S/C28H23FN4O5/c29-16-13-24(26(34)31-25-10-9-23-22(30-25)11-12-32(23)27(35)36)33(14-16)28(37)38-15-21-19-7-3-1-5-17(19)18-6-2-4-8-20(18)21/h1-12,16,21,24H,13-15H2,(H,35,36)(H,30,31,34)/t16-,24-/m1/s1. The van der Waals surface area contributed by atoms with Gasteiger partial charge >= 0.3 is 12.2 Å². The lowest BCUT2D eigenvalue weighted by molar-refractivity contribution is -0.120. The van der Waals surface area contributed by atoms with E-state index in [1.54, 1.807) is 0 Å². The topological polar surface area (TPSA) is 114 Å². The summed E-state index contributed by atoms with van der Waals surface area (Å²) in [5.41, 5.74) is 5.02. The Morgan fingerprint density at radius 3 is 2.37 bits per heavy atom. The third-order valence-corrected chi connectivity index (χ3v) is 7.12. The third-order valence-electron chi connectivity index (χ3n) is 7.12. The van der Waals surface area contributed by atoms with Gasteiger partial charge in [-0.05, 0) is 40.5 Å². The molecule has 0 spiro atoms. The van der Waals surface area contributed by atoms with Crippen LogP contribution in [0.1, 0.15) is 23.5 Å². The van der Waals surface area contributed by atoms with Gasteiger partial charge in [0.15, 0.2) is 0 Å². The summed E-state index contributed by atoms with van der Waals surface area (Å²) >= 11 is 0. The molecule has 0 radical (unpaired) electrons. The molecule has 9 nitrogen and oxygen atoms in total. The highest BCUT2D eigenvalue weighted by atomic mass is 19.1. The zero-order valence-electron chi connectivity index (χ0n) is 20.1. The average molecular weight is 515 g/mol. The predicted octanol–water partition coefficient (Wildman–Crippen LogP) is 4.86. The first kappa shape index (κ1) is 23.7. The first-order valence-electron chi connectivity index (χ1n) is 12.2. The molecule has 2 amide bonds.